The number of fused-ring (bicyclic) bond motifs is 1. The van der Waals surface area contributed by atoms with Gasteiger partial charge < -0.3 is 24.5 Å². The number of para-hydroxylation sites is 1. The van der Waals surface area contributed by atoms with Gasteiger partial charge in [0.15, 0.2) is 0 Å². The van der Waals surface area contributed by atoms with E-state index in [2.05, 4.69) is 13.2 Å². The zero-order chi connectivity index (χ0) is 27.1. The number of benzene rings is 1. The minimum absolute atomic E-state index is 0.134. The smallest absolute Gasteiger partial charge is 0.253 e. The molecule has 2 bridgehead atoms. The zero-order valence-electron chi connectivity index (χ0n) is 21.8. The number of rotatable bonds is 10. The average molecular weight is 530 g/mol. The Morgan fingerprint density at radius 1 is 1.24 bits per heavy atom. The Hall–Kier alpha value is -2.68. The van der Waals surface area contributed by atoms with Crippen LogP contribution >= 0.6 is 11.6 Å². The second-order valence-electron chi connectivity index (χ2n) is 10.5. The fourth-order valence-electron chi connectivity index (χ4n) is 6.62. The van der Waals surface area contributed by atoms with Crippen molar-refractivity contribution < 1.29 is 24.2 Å². The molecule has 8 nitrogen and oxygen atoms in total. The molecular formula is C28H36ClN3O5. The summed E-state index contributed by atoms with van der Waals surface area (Å²) in [6, 6.07) is 4.45. The van der Waals surface area contributed by atoms with Crippen LogP contribution in [0.4, 0.5) is 5.69 Å². The maximum Gasteiger partial charge on any atom is 0.253 e. The molecule has 200 valence electrons. The standard InChI is InChI=1S/C28H36ClN3O5/c1-6-14-30(5)24(34)20-21-25(35)32(16-9-17-33)23(28(21)13-12-27(20,4)37-28)26(36)31(15-7-2)22-18(3)10-8-11-19(22)29/h6-8,10-11,20-21,23,33H,1-2,9,12-17H2,3-5H3/t20-,21-,23?,27+,28?/m0/s1. The Bertz CT molecular complexity index is 1100. The van der Waals surface area contributed by atoms with Crippen LogP contribution in [0.3, 0.4) is 0 Å². The van der Waals surface area contributed by atoms with E-state index in [9.17, 15) is 19.5 Å². The van der Waals surface area contributed by atoms with Crippen LogP contribution in [-0.2, 0) is 19.1 Å². The molecule has 9 heteroatoms. The number of amides is 3. The molecule has 5 atom stereocenters. The molecule has 1 N–H and O–H groups in total. The number of nitrogens with zero attached hydrogens (tertiary/aromatic N) is 3. The van der Waals surface area contributed by atoms with Crippen molar-refractivity contribution in [3.8, 4) is 0 Å². The summed E-state index contributed by atoms with van der Waals surface area (Å²) < 4.78 is 6.67. The molecule has 1 spiro atoms. The summed E-state index contributed by atoms with van der Waals surface area (Å²) in [6.07, 6.45) is 4.59. The van der Waals surface area contributed by atoms with E-state index < -0.39 is 29.1 Å². The minimum Gasteiger partial charge on any atom is -0.396 e. The number of aliphatic hydroxyl groups excluding tert-OH is 1. The van der Waals surface area contributed by atoms with Gasteiger partial charge in [0.1, 0.15) is 11.6 Å². The van der Waals surface area contributed by atoms with E-state index in [0.29, 0.717) is 36.5 Å². The highest BCUT2D eigenvalue weighted by Gasteiger charge is 2.78. The number of likely N-dealkylation sites (tertiary alicyclic amines) is 1. The SMILES string of the molecule is C=CCN(C)C(=O)[C@@H]1[C@H]2C(=O)N(CCCO)C(C(=O)N(CC=C)c3c(C)cccc3Cl)C23CC[C@@]1(C)O3. The lowest BCUT2D eigenvalue weighted by molar-refractivity contribution is -0.149. The first-order valence-corrected chi connectivity index (χ1v) is 13.1. The van der Waals surface area contributed by atoms with Crippen LogP contribution < -0.4 is 4.90 Å². The number of hydrogen-bond donors (Lipinski definition) is 1. The number of anilines is 1. The van der Waals surface area contributed by atoms with Gasteiger partial charge in [-0.3, -0.25) is 14.4 Å². The van der Waals surface area contributed by atoms with Crippen molar-refractivity contribution in [1.29, 1.82) is 0 Å². The van der Waals surface area contributed by atoms with Gasteiger partial charge in [0, 0.05) is 33.3 Å². The van der Waals surface area contributed by atoms with Crippen molar-refractivity contribution in [2.24, 2.45) is 11.8 Å². The third-order valence-corrected chi connectivity index (χ3v) is 8.45. The van der Waals surface area contributed by atoms with Crippen molar-refractivity contribution in [2.75, 3.05) is 38.2 Å². The Morgan fingerprint density at radius 3 is 2.57 bits per heavy atom. The van der Waals surface area contributed by atoms with E-state index in [-0.39, 0.29) is 37.4 Å². The van der Waals surface area contributed by atoms with Crippen molar-refractivity contribution in [3.63, 3.8) is 0 Å². The van der Waals surface area contributed by atoms with Crippen LogP contribution in [0.25, 0.3) is 0 Å². The first-order chi connectivity index (χ1) is 17.6. The molecule has 3 aliphatic rings. The van der Waals surface area contributed by atoms with Crippen LogP contribution in [0, 0.1) is 18.8 Å². The molecule has 1 aromatic carbocycles. The highest BCUT2D eigenvalue weighted by atomic mass is 35.5. The molecule has 0 aromatic heterocycles. The number of halogens is 1. The Morgan fingerprint density at radius 2 is 1.95 bits per heavy atom. The first kappa shape index (κ1) is 27.4. The summed E-state index contributed by atoms with van der Waals surface area (Å²) in [4.78, 5) is 46.8. The van der Waals surface area contributed by atoms with Gasteiger partial charge in [-0.25, -0.2) is 0 Å². The van der Waals surface area contributed by atoms with Gasteiger partial charge in [-0.15, -0.1) is 13.2 Å². The topological polar surface area (TPSA) is 90.4 Å². The molecule has 3 fully saturated rings. The largest absolute Gasteiger partial charge is 0.396 e. The molecule has 3 aliphatic heterocycles. The van der Waals surface area contributed by atoms with Gasteiger partial charge in [-0.1, -0.05) is 35.9 Å². The average Bonchev–Trinajstić information content (AvgIpc) is 3.42. The van der Waals surface area contributed by atoms with Crippen LogP contribution in [0.5, 0.6) is 0 Å². The van der Waals surface area contributed by atoms with Gasteiger partial charge in [0.05, 0.1) is 28.1 Å². The first-order valence-electron chi connectivity index (χ1n) is 12.7. The molecule has 0 radical (unpaired) electrons. The van der Waals surface area contributed by atoms with E-state index in [0.717, 1.165) is 5.56 Å². The van der Waals surface area contributed by atoms with E-state index in [1.165, 1.54) is 4.90 Å². The molecular weight excluding hydrogens is 494 g/mol. The predicted octanol–water partition coefficient (Wildman–Crippen LogP) is 2.96. The Balaban J connectivity index is 1.83. The third-order valence-electron chi connectivity index (χ3n) is 8.15. The van der Waals surface area contributed by atoms with Crippen molar-refractivity contribution >= 4 is 35.0 Å². The fourth-order valence-corrected chi connectivity index (χ4v) is 6.94. The monoisotopic (exact) mass is 529 g/mol. The van der Waals surface area contributed by atoms with E-state index in [1.54, 1.807) is 35.1 Å². The number of aliphatic hydroxyl groups is 1. The van der Waals surface area contributed by atoms with E-state index in [4.69, 9.17) is 16.3 Å². The number of carbonyl (C=O) groups excluding carboxylic acids is 3. The quantitative estimate of drug-likeness (QED) is 0.471. The number of likely N-dealkylation sites (N-methyl/N-ethyl adjacent to an activating group) is 1. The van der Waals surface area contributed by atoms with Gasteiger partial charge >= 0.3 is 0 Å². The maximum atomic E-state index is 14.5. The molecule has 0 saturated carbocycles. The summed E-state index contributed by atoms with van der Waals surface area (Å²) in [5.41, 5.74) is -0.647. The van der Waals surface area contributed by atoms with Crippen LogP contribution in [-0.4, -0.2) is 83.2 Å². The zero-order valence-corrected chi connectivity index (χ0v) is 22.5. The lowest BCUT2D eigenvalue weighted by Gasteiger charge is -2.37. The fraction of sp³-hybridized carbons (Fsp3) is 0.536. The Labute approximate surface area is 223 Å². The van der Waals surface area contributed by atoms with Crippen molar-refractivity contribution in [1.82, 2.24) is 9.80 Å². The molecule has 2 unspecified atom stereocenters. The predicted molar refractivity (Wildman–Crippen MR) is 142 cm³/mol. The van der Waals surface area contributed by atoms with Crippen LogP contribution in [0.2, 0.25) is 5.02 Å². The van der Waals surface area contributed by atoms with Crippen LogP contribution in [0.1, 0.15) is 31.7 Å². The molecule has 3 saturated heterocycles. The number of ether oxygens (including phenoxy) is 1. The summed E-state index contributed by atoms with van der Waals surface area (Å²) in [5.74, 6) is -2.32. The van der Waals surface area contributed by atoms with Gasteiger partial charge in [-0.05, 0) is 44.7 Å². The number of hydrogen-bond acceptors (Lipinski definition) is 5. The van der Waals surface area contributed by atoms with Crippen molar-refractivity contribution in [2.45, 2.75) is 50.4 Å². The summed E-state index contributed by atoms with van der Waals surface area (Å²) in [7, 11) is 1.68. The second-order valence-corrected chi connectivity index (χ2v) is 10.9. The highest BCUT2D eigenvalue weighted by Crippen LogP contribution is 2.63. The number of carbonyl (C=O) groups is 3. The van der Waals surface area contributed by atoms with Gasteiger partial charge in [0.2, 0.25) is 11.8 Å². The van der Waals surface area contributed by atoms with E-state index in [1.807, 2.05) is 26.0 Å². The normalized spacial score (nSPS) is 29.8. The highest BCUT2D eigenvalue weighted by molar-refractivity contribution is 6.34. The molecule has 37 heavy (non-hydrogen) atoms. The van der Waals surface area contributed by atoms with Gasteiger partial charge in [-0.2, -0.15) is 0 Å². The minimum atomic E-state index is -1.15. The molecule has 4 rings (SSSR count). The summed E-state index contributed by atoms with van der Waals surface area (Å²) in [5, 5.41) is 9.98. The lowest BCUT2D eigenvalue weighted by Crippen LogP contribution is -2.57. The summed E-state index contributed by atoms with van der Waals surface area (Å²) >= 11 is 6.57. The van der Waals surface area contributed by atoms with Gasteiger partial charge in [0.25, 0.3) is 5.91 Å². The molecule has 0 aliphatic carbocycles. The van der Waals surface area contributed by atoms with E-state index >= 15 is 0 Å². The molecule has 3 amide bonds. The van der Waals surface area contributed by atoms with Crippen molar-refractivity contribution in [3.05, 3.63) is 54.1 Å². The molecule has 3 heterocycles. The number of aryl methyl sites for hydroxylation is 1. The maximum absolute atomic E-state index is 14.5. The van der Waals surface area contributed by atoms with Crippen LogP contribution in [0.15, 0.2) is 43.5 Å². The second kappa shape index (κ2) is 10.2. The lowest BCUT2D eigenvalue weighted by atomic mass is 9.66. The Kier molecular flexibility index (Phi) is 7.57. The third kappa shape index (κ3) is 4.19. The summed E-state index contributed by atoms with van der Waals surface area (Å²) in [6.45, 7) is 11.9. The molecule has 1 aromatic rings.